The Labute approximate surface area is 377 Å². The highest BCUT2D eigenvalue weighted by atomic mass is 19.4. The summed E-state index contributed by atoms with van der Waals surface area (Å²) < 4.78 is 175. The molecule has 0 aliphatic carbocycles. The van der Waals surface area contributed by atoms with Crippen molar-refractivity contribution >= 4 is 24.0 Å². The molecule has 4 aromatic rings. The quantitative estimate of drug-likeness (QED) is 0.0422. The molecule has 28 heteroatoms. The van der Waals surface area contributed by atoms with Crippen molar-refractivity contribution in [2.24, 2.45) is 10.8 Å². The van der Waals surface area contributed by atoms with Gasteiger partial charge in [-0.1, -0.05) is 24.3 Å². The summed E-state index contributed by atoms with van der Waals surface area (Å²) in [5.41, 5.74) is -5.33. The van der Waals surface area contributed by atoms with Crippen LogP contribution < -0.4 is 21.4 Å². The normalized spacial score (nSPS) is 14.4. The van der Waals surface area contributed by atoms with Crippen LogP contribution in [0.5, 0.6) is 0 Å². The van der Waals surface area contributed by atoms with Gasteiger partial charge in [-0.25, -0.2) is 32.7 Å². The van der Waals surface area contributed by atoms with Gasteiger partial charge in [0.15, 0.2) is 0 Å². The van der Waals surface area contributed by atoms with E-state index in [0.29, 0.717) is 55.1 Å². The maximum Gasteiger partial charge on any atom is 0.407 e. The molecule has 374 valence electrons. The van der Waals surface area contributed by atoms with E-state index in [1.807, 2.05) is 5.43 Å². The number of aliphatic hydroxyl groups excluding tert-OH is 1. The molecule has 16 nitrogen and oxygen atoms in total. The lowest BCUT2D eigenvalue weighted by Gasteiger charge is -2.38. The first-order valence-corrected chi connectivity index (χ1v) is 19.6. The lowest BCUT2D eigenvalue weighted by Crippen LogP contribution is -2.63. The predicted octanol–water partition coefficient (Wildman–Crippen LogP) is 6.94. The molecular formula is C40H43F12N9O7. The Morgan fingerprint density at radius 1 is 0.721 bits per heavy atom. The molecule has 4 amide bonds. The number of hydrogen-bond acceptors (Lipinski definition) is 9. The number of hydrogen-bond donors (Lipinski definition) is 6. The predicted molar refractivity (Wildman–Crippen MR) is 212 cm³/mol. The molecule has 0 saturated carbocycles. The number of hydrazine groups is 1. The molecule has 0 aliphatic heterocycles. The molecule has 0 aliphatic rings. The molecule has 0 unspecified atom stereocenters. The Morgan fingerprint density at radius 3 is 1.62 bits per heavy atom. The van der Waals surface area contributed by atoms with Crippen molar-refractivity contribution in [1.29, 1.82) is 0 Å². The average molecular weight is 990 g/mol. The van der Waals surface area contributed by atoms with Crippen LogP contribution in [0.2, 0.25) is 0 Å². The maximum atomic E-state index is 15.8. The molecule has 2 aromatic carbocycles. The summed E-state index contributed by atoms with van der Waals surface area (Å²) in [7, 11) is 0.773. The minimum absolute atomic E-state index is 0.142. The Balaban J connectivity index is 1.82. The number of methoxy groups -OCH3 is 1. The van der Waals surface area contributed by atoms with Crippen molar-refractivity contribution in [1.82, 2.24) is 45.9 Å². The fraction of sp³-hybridized carbons (Fsp3) is 0.450. The van der Waals surface area contributed by atoms with Gasteiger partial charge in [0.05, 0.1) is 42.5 Å². The summed E-state index contributed by atoms with van der Waals surface area (Å²) >= 11 is 0. The summed E-state index contributed by atoms with van der Waals surface area (Å²) in [5.74, 6) is -6.37. The van der Waals surface area contributed by atoms with Crippen LogP contribution in [-0.4, -0.2) is 109 Å². The summed E-state index contributed by atoms with van der Waals surface area (Å²) in [6, 6.07) is -0.470. The molecule has 0 fully saturated rings. The second-order valence-corrected chi connectivity index (χ2v) is 16.2. The van der Waals surface area contributed by atoms with Gasteiger partial charge < -0.3 is 30.9 Å². The van der Waals surface area contributed by atoms with Gasteiger partial charge in [0, 0.05) is 42.2 Å². The molecule has 4 atom stereocenters. The standard InChI is InChI=1S/C40H43F12N9O7/c1-37(2,39(47,48)49)29(57-36(67)68-5)31(63)55-27(10-19-6-8-20(9-7-19)22-13-53-60(15-22)33(43)44)28(62)18-59(58-32(64)30(56-35(65)66)38(3,4)40(50,51)52)17-24-25(41)11-21(12-26(24)42)23-14-54-61(16-23)34(45)46/h6-9,11-16,27-30,33-34,56,62H,10,17-18H2,1-5H3,(H,55,63)(H,57,67)(H,58,64)(H,65,66)/t27-,28-,29+,30+/m0/s1. The summed E-state index contributed by atoms with van der Waals surface area (Å²) in [4.78, 5) is 51.4. The van der Waals surface area contributed by atoms with E-state index in [0.717, 1.165) is 31.9 Å². The molecule has 2 aromatic heterocycles. The van der Waals surface area contributed by atoms with E-state index in [9.17, 15) is 73.3 Å². The van der Waals surface area contributed by atoms with Crippen LogP contribution in [0.25, 0.3) is 22.3 Å². The number of ether oxygens (including phenoxy) is 1. The van der Waals surface area contributed by atoms with Crippen LogP contribution in [0.4, 0.5) is 62.3 Å². The number of aliphatic hydroxyl groups is 1. The number of alkyl halides is 10. The monoisotopic (exact) mass is 989 g/mol. The molecule has 0 bridgehead atoms. The molecule has 2 heterocycles. The van der Waals surface area contributed by atoms with Gasteiger partial charge in [-0.2, -0.15) is 54.1 Å². The van der Waals surface area contributed by atoms with Crippen molar-refractivity contribution in [2.75, 3.05) is 13.7 Å². The smallest absolute Gasteiger partial charge is 0.407 e. The van der Waals surface area contributed by atoms with Gasteiger partial charge in [-0.15, -0.1) is 0 Å². The number of aromatic nitrogens is 4. The number of carbonyl (C=O) groups excluding carboxylic acids is 3. The number of carbonyl (C=O) groups is 4. The Bertz CT molecular complexity index is 2390. The van der Waals surface area contributed by atoms with Gasteiger partial charge >= 0.3 is 37.6 Å². The van der Waals surface area contributed by atoms with Crippen molar-refractivity contribution in [3.63, 3.8) is 0 Å². The van der Waals surface area contributed by atoms with Crippen molar-refractivity contribution in [3.8, 4) is 22.3 Å². The molecule has 0 saturated heterocycles. The molecule has 6 N–H and O–H groups in total. The van der Waals surface area contributed by atoms with Gasteiger partial charge in [-0.05, 0) is 62.9 Å². The number of rotatable bonds is 19. The van der Waals surface area contributed by atoms with E-state index in [-0.39, 0.29) is 26.9 Å². The van der Waals surface area contributed by atoms with E-state index >= 15 is 8.78 Å². The van der Waals surface area contributed by atoms with Crippen molar-refractivity contribution in [3.05, 3.63) is 83.9 Å². The van der Waals surface area contributed by atoms with Crippen LogP contribution in [0.15, 0.2) is 61.2 Å². The number of nitrogens with zero attached hydrogens (tertiary/aromatic N) is 5. The Hall–Kier alpha value is -6.58. The highest BCUT2D eigenvalue weighted by Gasteiger charge is 2.57. The maximum absolute atomic E-state index is 15.8. The second-order valence-electron chi connectivity index (χ2n) is 16.2. The highest BCUT2D eigenvalue weighted by Crippen LogP contribution is 2.42. The third-order valence-electron chi connectivity index (χ3n) is 10.8. The average Bonchev–Trinajstić information content (AvgIpc) is 3.94. The number of nitrogens with one attached hydrogen (secondary N) is 4. The molecule has 0 radical (unpaired) electrons. The minimum atomic E-state index is -5.30. The van der Waals surface area contributed by atoms with Gasteiger partial charge in [0.25, 0.3) is 5.91 Å². The number of halogens is 12. The van der Waals surface area contributed by atoms with Gasteiger partial charge in [-0.3, -0.25) is 15.0 Å². The van der Waals surface area contributed by atoms with Crippen LogP contribution in [0.3, 0.4) is 0 Å². The van der Waals surface area contributed by atoms with Crippen molar-refractivity contribution in [2.45, 2.75) is 90.3 Å². The van der Waals surface area contributed by atoms with E-state index in [1.54, 1.807) is 5.32 Å². The second kappa shape index (κ2) is 21.2. The van der Waals surface area contributed by atoms with Gasteiger partial charge in [0.2, 0.25) is 5.91 Å². The van der Waals surface area contributed by atoms with Crippen molar-refractivity contribution < 1.29 is 86.8 Å². The lowest BCUT2D eigenvalue weighted by molar-refractivity contribution is -0.221. The van der Waals surface area contributed by atoms with E-state index in [2.05, 4.69) is 20.3 Å². The Kier molecular flexibility index (Phi) is 16.8. The van der Waals surface area contributed by atoms with E-state index in [4.69, 9.17) is 0 Å². The zero-order valence-electron chi connectivity index (χ0n) is 36.1. The summed E-state index contributed by atoms with van der Waals surface area (Å²) in [6.45, 7) is -6.62. The third kappa shape index (κ3) is 12.9. The van der Waals surface area contributed by atoms with Crippen LogP contribution in [-0.2, 0) is 27.3 Å². The zero-order chi connectivity index (χ0) is 51.3. The summed E-state index contributed by atoms with van der Waals surface area (Å²) in [5, 5.41) is 33.9. The zero-order valence-corrected chi connectivity index (χ0v) is 36.1. The van der Waals surface area contributed by atoms with Crippen LogP contribution >= 0.6 is 0 Å². The first-order valence-electron chi connectivity index (χ1n) is 19.6. The fourth-order valence-electron chi connectivity index (χ4n) is 6.43. The molecule has 4 rings (SSSR count). The first-order chi connectivity index (χ1) is 31.4. The van der Waals surface area contributed by atoms with Crippen LogP contribution in [0.1, 0.15) is 51.9 Å². The lowest BCUT2D eigenvalue weighted by atomic mass is 9.82. The number of carboxylic acid groups (broad SMARTS) is 1. The number of benzene rings is 2. The third-order valence-corrected chi connectivity index (χ3v) is 10.8. The number of amides is 4. The topological polar surface area (TPSA) is 205 Å². The van der Waals surface area contributed by atoms with E-state index < -0.39 is 121 Å². The highest BCUT2D eigenvalue weighted by molar-refractivity contribution is 5.87. The van der Waals surface area contributed by atoms with Gasteiger partial charge in [0.1, 0.15) is 23.7 Å². The summed E-state index contributed by atoms with van der Waals surface area (Å²) in [6.07, 6.45) is -13.3. The largest absolute Gasteiger partial charge is 0.465 e. The molecule has 68 heavy (non-hydrogen) atoms. The van der Waals surface area contributed by atoms with E-state index in [1.165, 1.54) is 29.6 Å². The number of alkyl carbamates (subject to hydrolysis) is 1. The Morgan fingerprint density at radius 2 is 1.19 bits per heavy atom. The molecular weight excluding hydrogens is 946 g/mol. The minimum Gasteiger partial charge on any atom is -0.465 e. The fourth-order valence-corrected chi connectivity index (χ4v) is 6.43. The SMILES string of the molecule is COC(=O)N[C@H](C(=O)N[C@@H](Cc1ccc(-c2cnn(C(F)F)c2)cc1)[C@@H](O)CN(Cc1c(F)cc(-c2cnn(C(F)F)c2)cc1F)NC(=O)[C@@H](NC(=O)O)C(C)(C)C(F)(F)F)C(C)(C)C(F)(F)F. The molecule has 0 spiro atoms. The van der Waals surface area contributed by atoms with Crippen LogP contribution in [0, 0.1) is 22.5 Å². The first kappa shape index (κ1) is 54.0.